The summed E-state index contributed by atoms with van der Waals surface area (Å²) in [6.45, 7) is 12.5. The molecule has 2 aliphatic rings. The van der Waals surface area contributed by atoms with Crippen LogP contribution in [0.25, 0.3) is 33.2 Å². The van der Waals surface area contributed by atoms with Crippen molar-refractivity contribution in [2.75, 3.05) is 34.2 Å². The smallest absolute Gasteiger partial charge is 0.231 e. The fourth-order valence-electron chi connectivity index (χ4n) is 7.66. The van der Waals surface area contributed by atoms with Crippen LogP contribution in [0.4, 0.5) is 0 Å². The van der Waals surface area contributed by atoms with Gasteiger partial charge in [-0.1, -0.05) is 31.2 Å². The minimum atomic E-state index is 0. The van der Waals surface area contributed by atoms with Crippen molar-refractivity contribution in [1.82, 2.24) is 0 Å². The van der Waals surface area contributed by atoms with Crippen LogP contribution in [0.3, 0.4) is 0 Å². The zero-order valence-electron chi connectivity index (χ0n) is 31.7. The van der Waals surface area contributed by atoms with E-state index in [0.717, 1.165) is 114 Å². The van der Waals surface area contributed by atoms with Gasteiger partial charge in [0.05, 0.1) is 38.4 Å². The second kappa shape index (κ2) is 18.1. The van der Waals surface area contributed by atoms with Crippen LogP contribution in [-0.4, -0.2) is 34.2 Å². The molecule has 54 heavy (non-hydrogen) atoms. The summed E-state index contributed by atoms with van der Waals surface area (Å²) < 4.78 is 38.2. The molecule has 0 aliphatic carbocycles. The van der Waals surface area contributed by atoms with Crippen LogP contribution in [0.15, 0.2) is 92.2 Å². The molecule has 0 radical (unpaired) electrons. The predicted molar refractivity (Wildman–Crippen MR) is 211 cm³/mol. The zero-order valence-corrected chi connectivity index (χ0v) is 33.8. The number of rotatable bonds is 17. The first-order chi connectivity index (χ1) is 26.1. The summed E-state index contributed by atoms with van der Waals surface area (Å²) >= 11 is 0. The van der Waals surface area contributed by atoms with Crippen LogP contribution in [0.1, 0.15) is 54.9 Å². The number of aromatic nitrogens is 1. The third kappa shape index (κ3) is 8.04. The van der Waals surface area contributed by atoms with Crippen molar-refractivity contribution in [2.45, 2.75) is 64.8 Å². The molecule has 5 aromatic rings. The maximum atomic E-state index is 6.54. The number of nitrogens with zero attached hydrogens (tertiary/aromatic N) is 1. The number of unbranched alkanes of at least 4 members (excludes halogenated alkanes) is 2. The Labute approximate surface area is 336 Å². The van der Waals surface area contributed by atoms with E-state index in [2.05, 4.69) is 85.4 Å². The zero-order chi connectivity index (χ0) is 36.7. The van der Waals surface area contributed by atoms with Gasteiger partial charge in [-0.25, -0.2) is 0 Å². The molecule has 0 amide bonds. The summed E-state index contributed by atoms with van der Waals surface area (Å²) in [6, 6.07) is 21.4. The van der Waals surface area contributed by atoms with Crippen molar-refractivity contribution >= 4 is 10.8 Å². The highest BCUT2D eigenvalue weighted by molar-refractivity contribution is 5.95. The first-order valence-corrected chi connectivity index (χ1v) is 18.8. The SMILES string of the molecule is C=CCc1ccc(OCCCCCc2c3[n+](cc4c(OC)c(OC)ccc24)CCc2cc4c(cc2-3)OCO4)c(-c2ccc(OCCC)c(CC=C)c2)c1.[I-]. The third-order valence-corrected chi connectivity index (χ3v) is 10.2. The van der Waals surface area contributed by atoms with Crippen molar-refractivity contribution in [3.8, 4) is 56.9 Å². The molecule has 2 aliphatic heterocycles. The van der Waals surface area contributed by atoms with Gasteiger partial charge in [0.2, 0.25) is 12.5 Å². The van der Waals surface area contributed by atoms with Crippen molar-refractivity contribution in [3.63, 3.8) is 0 Å². The molecule has 0 saturated carbocycles. The summed E-state index contributed by atoms with van der Waals surface area (Å²) in [5, 5.41) is 2.24. The summed E-state index contributed by atoms with van der Waals surface area (Å²) in [5.74, 6) is 4.94. The standard InChI is InChI=1S/C46H50NO6.HI/c1-6-12-31-15-18-41(37(25-31)32-16-19-40(50-23-8-3)34(26-32)13-7-2)51-24-11-9-10-14-36-35-17-20-42(48-4)46(49-5)39(35)29-47-22-21-33-27-43-44(53-30-52-43)28-38(33)45(36)47;/h6-7,15-20,25-29H,1-2,8-14,21-24,30H2,3-5H3;1H/q+1;/p-1. The molecule has 8 heteroatoms. The van der Waals surface area contributed by atoms with Gasteiger partial charge >= 0.3 is 0 Å². The predicted octanol–water partition coefficient (Wildman–Crippen LogP) is 6.80. The lowest BCUT2D eigenvalue weighted by atomic mass is 9.89. The van der Waals surface area contributed by atoms with Gasteiger partial charge in [-0.05, 0) is 116 Å². The molecule has 0 spiro atoms. The van der Waals surface area contributed by atoms with E-state index in [1.165, 1.54) is 33.3 Å². The molecule has 0 bridgehead atoms. The molecule has 0 unspecified atom stereocenters. The average molecular weight is 840 g/mol. The number of hydrogen-bond acceptors (Lipinski definition) is 6. The molecule has 4 aromatic carbocycles. The van der Waals surface area contributed by atoms with E-state index >= 15 is 0 Å². The molecule has 0 fully saturated rings. The summed E-state index contributed by atoms with van der Waals surface area (Å²) in [5.41, 5.74) is 9.58. The lowest BCUT2D eigenvalue weighted by Gasteiger charge is -2.21. The second-order valence-electron chi connectivity index (χ2n) is 13.7. The van der Waals surface area contributed by atoms with Gasteiger partial charge in [-0.15, -0.1) is 13.2 Å². The van der Waals surface area contributed by atoms with E-state index in [4.69, 9.17) is 28.4 Å². The first-order valence-electron chi connectivity index (χ1n) is 18.8. The highest BCUT2D eigenvalue weighted by Crippen LogP contribution is 2.44. The van der Waals surface area contributed by atoms with E-state index < -0.39 is 0 Å². The highest BCUT2D eigenvalue weighted by Gasteiger charge is 2.32. The van der Waals surface area contributed by atoms with E-state index in [1.54, 1.807) is 14.2 Å². The van der Waals surface area contributed by atoms with Gasteiger partial charge < -0.3 is 52.4 Å². The van der Waals surface area contributed by atoms with Gasteiger partial charge in [-0.3, -0.25) is 0 Å². The van der Waals surface area contributed by atoms with E-state index in [0.29, 0.717) is 13.2 Å². The number of benzene rings is 4. The number of halogens is 1. The fraction of sp³-hybridized carbons (Fsp3) is 0.326. The Hall–Kier alpha value is -4.70. The van der Waals surface area contributed by atoms with E-state index in [9.17, 15) is 0 Å². The quantitative estimate of drug-likeness (QED) is 0.0445. The number of methoxy groups -OCH3 is 2. The third-order valence-electron chi connectivity index (χ3n) is 10.2. The maximum Gasteiger partial charge on any atom is 0.231 e. The van der Waals surface area contributed by atoms with Crippen LogP contribution in [0, 0.1) is 0 Å². The minimum absolute atomic E-state index is 0. The monoisotopic (exact) mass is 839 g/mol. The van der Waals surface area contributed by atoms with E-state index in [1.807, 2.05) is 18.2 Å². The topological polar surface area (TPSA) is 59.3 Å². The number of aryl methyl sites for hydroxylation is 3. The van der Waals surface area contributed by atoms with Gasteiger partial charge in [0.1, 0.15) is 11.5 Å². The molecule has 0 atom stereocenters. The van der Waals surface area contributed by atoms with Crippen LogP contribution < -0.4 is 57.0 Å². The highest BCUT2D eigenvalue weighted by atomic mass is 127. The maximum absolute atomic E-state index is 6.54. The Morgan fingerprint density at radius 1 is 0.759 bits per heavy atom. The average Bonchev–Trinajstić information content (AvgIpc) is 3.65. The van der Waals surface area contributed by atoms with Crippen LogP contribution >= 0.6 is 0 Å². The van der Waals surface area contributed by atoms with Crippen LogP contribution in [0.5, 0.6) is 34.5 Å². The van der Waals surface area contributed by atoms with Crippen LogP contribution in [-0.2, 0) is 32.2 Å². The molecule has 7 nitrogen and oxygen atoms in total. The van der Waals surface area contributed by atoms with Crippen molar-refractivity contribution in [2.24, 2.45) is 0 Å². The Morgan fingerprint density at radius 2 is 1.54 bits per heavy atom. The number of fused-ring (bicyclic) bond motifs is 5. The van der Waals surface area contributed by atoms with E-state index in [-0.39, 0.29) is 30.8 Å². The Kier molecular flexibility index (Phi) is 13.1. The van der Waals surface area contributed by atoms with Gasteiger partial charge in [0.15, 0.2) is 35.7 Å². The number of pyridine rings is 1. The molecule has 7 rings (SSSR count). The summed E-state index contributed by atoms with van der Waals surface area (Å²) in [4.78, 5) is 0. The molecule has 1 aromatic heterocycles. The number of hydrogen-bond donors (Lipinski definition) is 0. The Balaban J connectivity index is 0.00000497. The lowest BCUT2D eigenvalue weighted by molar-refractivity contribution is -0.686. The van der Waals surface area contributed by atoms with Gasteiger partial charge in [-0.2, -0.15) is 4.57 Å². The molecule has 3 heterocycles. The summed E-state index contributed by atoms with van der Waals surface area (Å²) in [7, 11) is 3.40. The molecule has 0 N–H and O–H groups in total. The molecule has 0 saturated heterocycles. The van der Waals surface area contributed by atoms with Crippen molar-refractivity contribution in [1.29, 1.82) is 0 Å². The van der Waals surface area contributed by atoms with Crippen molar-refractivity contribution in [3.05, 3.63) is 114 Å². The van der Waals surface area contributed by atoms with Crippen molar-refractivity contribution < 1.29 is 57.0 Å². The molecular formula is C46H50INO6. The fourth-order valence-corrected chi connectivity index (χ4v) is 7.66. The van der Waals surface area contributed by atoms with Gasteiger partial charge in [0, 0.05) is 22.9 Å². The first kappa shape index (κ1) is 39.0. The molecule has 282 valence electrons. The summed E-state index contributed by atoms with van der Waals surface area (Å²) in [6.07, 6.45) is 13.4. The normalized spacial score (nSPS) is 12.4. The number of allylic oxidation sites excluding steroid dienone is 2. The number of ether oxygens (including phenoxy) is 6. The minimum Gasteiger partial charge on any atom is -1.00 e. The lowest BCUT2D eigenvalue weighted by Crippen LogP contribution is -3.00. The Morgan fingerprint density at radius 3 is 2.31 bits per heavy atom. The van der Waals surface area contributed by atoms with Crippen LogP contribution in [0.2, 0.25) is 0 Å². The molecular weight excluding hydrogens is 789 g/mol. The largest absolute Gasteiger partial charge is 1.00 e. The Bertz CT molecular complexity index is 2140. The van der Waals surface area contributed by atoms with Gasteiger partial charge in [0.25, 0.3) is 0 Å². The second-order valence-corrected chi connectivity index (χ2v) is 13.7.